The Hall–Kier alpha value is -2.61. The van der Waals surface area contributed by atoms with Crippen LogP contribution in [0.5, 0.6) is 0 Å². The van der Waals surface area contributed by atoms with E-state index in [9.17, 15) is 14.4 Å². The minimum atomic E-state index is -1.10. The Balaban J connectivity index is 2.13. The maximum Gasteiger partial charge on any atom is 0.342 e. The molecule has 0 aliphatic heterocycles. The molecule has 8 heteroatoms. The molecule has 7 nitrogen and oxygen atoms in total. The predicted molar refractivity (Wildman–Crippen MR) is 99.8 cm³/mol. The summed E-state index contributed by atoms with van der Waals surface area (Å²) in [6.45, 7) is 8.75. The maximum absolute atomic E-state index is 12.7. The summed E-state index contributed by atoms with van der Waals surface area (Å²) in [4.78, 5) is 37.3. The van der Waals surface area contributed by atoms with Gasteiger partial charge >= 0.3 is 12.0 Å². The molecular formula is C18H23N3O4S. The normalized spacial score (nSPS) is 11.9. The molecule has 0 fully saturated rings. The third-order valence-electron chi connectivity index (χ3n) is 3.72. The number of aryl methyl sites for hydroxylation is 1. The first-order chi connectivity index (χ1) is 12.2. The van der Waals surface area contributed by atoms with E-state index in [1.165, 1.54) is 18.3 Å². The van der Waals surface area contributed by atoms with Gasteiger partial charge in [0.05, 0.1) is 5.56 Å². The first kappa shape index (κ1) is 19.7. The lowest BCUT2D eigenvalue weighted by molar-refractivity contribution is -0.127. The van der Waals surface area contributed by atoms with Crippen molar-refractivity contribution >= 4 is 29.2 Å². The number of carbonyl (C=O) groups is 3. The highest BCUT2D eigenvalue weighted by molar-refractivity contribution is 7.15. The molecule has 0 saturated heterocycles. The Bertz CT molecular complexity index is 809. The first-order valence-electron chi connectivity index (χ1n) is 8.26. The quantitative estimate of drug-likeness (QED) is 0.784. The van der Waals surface area contributed by atoms with Crippen LogP contribution in [0.3, 0.4) is 0 Å². The Morgan fingerprint density at radius 1 is 1.12 bits per heavy atom. The molecule has 0 bridgehead atoms. The first-order valence-corrected chi connectivity index (χ1v) is 9.08. The molecule has 0 aliphatic carbocycles. The molecule has 2 heterocycles. The van der Waals surface area contributed by atoms with Gasteiger partial charge in [0.2, 0.25) is 0 Å². The van der Waals surface area contributed by atoms with E-state index in [0.717, 1.165) is 15.4 Å². The van der Waals surface area contributed by atoms with Crippen LogP contribution in [-0.2, 0) is 9.53 Å². The fourth-order valence-corrected chi connectivity index (χ4v) is 3.40. The second-order valence-corrected chi connectivity index (χ2v) is 7.42. The van der Waals surface area contributed by atoms with E-state index in [4.69, 9.17) is 4.74 Å². The number of nitrogens with one attached hydrogen (secondary N) is 2. The summed E-state index contributed by atoms with van der Waals surface area (Å²) in [7, 11) is 0. The Labute approximate surface area is 156 Å². The molecule has 0 aliphatic rings. The summed E-state index contributed by atoms with van der Waals surface area (Å²) in [6.07, 6.45) is 2.58. The lowest BCUT2D eigenvalue weighted by Gasteiger charge is -2.15. The van der Waals surface area contributed by atoms with Crippen LogP contribution >= 0.6 is 11.3 Å². The van der Waals surface area contributed by atoms with Crippen LogP contribution in [0, 0.1) is 13.8 Å². The highest BCUT2D eigenvalue weighted by atomic mass is 32.1. The van der Waals surface area contributed by atoms with Crippen molar-refractivity contribution in [2.75, 3.05) is 0 Å². The van der Waals surface area contributed by atoms with Gasteiger partial charge in [-0.3, -0.25) is 10.1 Å². The summed E-state index contributed by atoms with van der Waals surface area (Å²) in [5.41, 5.74) is 1.24. The number of hydrogen-bond acceptors (Lipinski definition) is 5. The zero-order chi connectivity index (χ0) is 19.4. The topological polar surface area (TPSA) is 89.4 Å². The third-order valence-corrected chi connectivity index (χ3v) is 4.94. The number of aromatic nitrogens is 1. The number of imide groups is 1. The number of hydrogen-bond donors (Lipinski definition) is 2. The van der Waals surface area contributed by atoms with Gasteiger partial charge < -0.3 is 14.6 Å². The van der Waals surface area contributed by atoms with Gasteiger partial charge in [-0.1, -0.05) is 0 Å². The van der Waals surface area contributed by atoms with E-state index in [-0.39, 0.29) is 6.04 Å². The highest BCUT2D eigenvalue weighted by Crippen LogP contribution is 2.31. The van der Waals surface area contributed by atoms with Crippen molar-refractivity contribution in [1.29, 1.82) is 0 Å². The van der Waals surface area contributed by atoms with Crippen molar-refractivity contribution < 1.29 is 19.1 Å². The monoisotopic (exact) mass is 377 g/mol. The molecule has 0 spiro atoms. The van der Waals surface area contributed by atoms with E-state index >= 15 is 0 Å². The number of carbonyl (C=O) groups excluding carboxylic acids is 3. The third kappa shape index (κ3) is 4.51. The molecule has 2 aromatic rings. The summed E-state index contributed by atoms with van der Waals surface area (Å²) in [5, 5.41) is 5.44. The van der Waals surface area contributed by atoms with Crippen molar-refractivity contribution in [3.05, 3.63) is 40.5 Å². The number of thiophene rings is 1. The fraction of sp³-hybridized carbons (Fsp3) is 0.389. The second-order valence-electron chi connectivity index (χ2n) is 6.22. The van der Waals surface area contributed by atoms with E-state index in [0.29, 0.717) is 5.56 Å². The molecule has 1 atom stereocenters. The number of nitrogens with zero attached hydrogens (tertiary/aromatic N) is 1. The van der Waals surface area contributed by atoms with Crippen molar-refractivity contribution in [3.8, 4) is 5.00 Å². The SMILES string of the molecule is Cc1sc(-n2cccc2)c(C(=O)O[C@H](C)C(=O)NC(=O)NC(C)C)c1C. The molecule has 0 saturated carbocycles. The molecule has 2 rings (SSSR count). The van der Waals surface area contributed by atoms with E-state index < -0.39 is 24.0 Å². The minimum absolute atomic E-state index is 0.110. The van der Waals surface area contributed by atoms with Gasteiger partial charge in [-0.05, 0) is 52.3 Å². The summed E-state index contributed by atoms with van der Waals surface area (Å²) in [5.74, 6) is -1.27. The van der Waals surface area contributed by atoms with Gasteiger partial charge in [-0.15, -0.1) is 11.3 Å². The molecular weight excluding hydrogens is 354 g/mol. The fourth-order valence-electron chi connectivity index (χ4n) is 2.29. The molecule has 140 valence electrons. The number of esters is 1. The molecule has 2 aromatic heterocycles. The number of rotatable bonds is 5. The number of amides is 3. The van der Waals surface area contributed by atoms with Crippen molar-refractivity contribution in [1.82, 2.24) is 15.2 Å². The second kappa shape index (κ2) is 8.18. The highest BCUT2D eigenvalue weighted by Gasteiger charge is 2.26. The molecule has 3 amide bonds. The van der Waals surface area contributed by atoms with Gasteiger partial charge in [-0.25, -0.2) is 9.59 Å². The average Bonchev–Trinajstić information content (AvgIpc) is 3.15. The maximum atomic E-state index is 12.7. The van der Waals surface area contributed by atoms with Gasteiger partial charge in [0.15, 0.2) is 6.10 Å². The van der Waals surface area contributed by atoms with Crippen LogP contribution < -0.4 is 10.6 Å². The summed E-state index contributed by atoms with van der Waals surface area (Å²) in [6, 6.07) is 3.00. The van der Waals surface area contributed by atoms with Crippen molar-refractivity contribution in [2.45, 2.75) is 46.8 Å². The van der Waals surface area contributed by atoms with E-state index in [2.05, 4.69) is 10.6 Å². The largest absolute Gasteiger partial charge is 0.449 e. The number of ether oxygens (including phenoxy) is 1. The van der Waals surface area contributed by atoms with Crippen LogP contribution in [0.25, 0.3) is 5.00 Å². The van der Waals surface area contributed by atoms with Crippen LogP contribution in [0.2, 0.25) is 0 Å². The van der Waals surface area contributed by atoms with Gasteiger partial charge in [0.25, 0.3) is 5.91 Å². The number of urea groups is 1. The summed E-state index contributed by atoms with van der Waals surface area (Å²) < 4.78 is 7.13. The predicted octanol–water partition coefficient (Wildman–Crippen LogP) is 2.94. The minimum Gasteiger partial charge on any atom is -0.449 e. The zero-order valence-electron chi connectivity index (χ0n) is 15.5. The van der Waals surface area contributed by atoms with E-state index in [1.54, 1.807) is 13.8 Å². The van der Waals surface area contributed by atoms with Gasteiger partial charge in [0.1, 0.15) is 5.00 Å². The molecule has 0 unspecified atom stereocenters. The van der Waals surface area contributed by atoms with Gasteiger partial charge in [-0.2, -0.15) is 0 Å². The summed E-state index contributed by atoms with van der Waals surface area (Å²) >= 11 is 1.48. The van der Waals surface area contributed by atoms with E-state index in [1.807, 2.05) is 42.9 Å². The lowest BCUT2D eigenvalue weighted by Crippen LogP contribution is -2.46. The standard InChI is InChI=1S/C18H23N3O4S/c1-10(2)19-18(24)20-15(22)12(4)25-17(23)14-11(3)13(5)26-16(14)21-8-6-7-9-21/h6-10,12H,1-5H3,(H2,19,20,22,24)/t12-/m1/s1. The molecule has 0 aromatic carbocycles. The van der Waals surface area contributed by atoms with Crippen molar-refractivity contribution in [2.24, 2.45) is 0 Å². The Kier molecular flexibility index (Phi) is 6.20. The molecule has 0 radical (unpaired) electrons. The van der Waals surface area contributed by atoms with Crippen LogP contribution in [0.4, 0.5) is 4.79 Å². The van der Waals surface area contributed by atoms with Gasteiger partial charge in [0, 0.05) is 23.3 Å². The smallest absolute Gasteiger partial charge is 0.342 e. The lowest BCUT2D eigenvalue weighted by atomic mass is 10.1. The molecule has 2 N–H and O–H groups in total. The van der Waals surface area contributed by atoms with Crippen molar-refractivity contribution in [3.63, 3.8) is 0 Å². The average molecular weight is 377 g/mol. The Morgan fingerprint density at radius 3 is 2.31 bits per heavy atom. The Morgan fingerprint density at radius 2 is 1.73 bits per heavy atom. The molecule has 26 heavy (non-hydrogen) atoms. The van der Waals surface area contributed by atoms with Crippen LogP contribution in [0.15, 0.2) is 24.5 Å². The van der Waals surface area contributed by atoms with Crippen LogP contribution in [0.1, 0.15) is 41.6 Å². The van der Waals surface area contributed by atoms with Crippen LogP contribution in [-0.4, -0.2) is 34.6 Å². The zero-order valence-corrected chi connectivity index (χ0v) is 16.3.